The lowest BCUT2D eigenvalue weighted by Crippen LogP contribution is -2.06. The standard InChI is InChI=1S/C10H12N4/c1-11-7-9-4-6-14(13-9)10-3-2-5-12-8-10/h2-6,8,11H,7H2,1H3. The van der Waals surface area contributed by atoms with Crippen LogP contribution in [0.2, 0.25) is 0 Å². The summed E-state index contributed by atoms with van der Waals surface area (Å²) in [6, 6.07) is 5.86. The molecule has 0 aliphatic rings. The number of pyridine rings is 1. The van der Waals surface area contributed by atoms with E-state index in [1.807, 2.05) is 36.1 Å². The van der Waals surface area contributed by atoms with Gasteiger partial charge < -0.3 is 5.32 Å². The lowest BCUT2D eigenvalue weighted by atomic mass is 10.4. The molecule has 2 rings (SSSR count). The van der Waals surface area contributed by atoms with Crippen LogP contribution in [0, 0.1) is 0 Å². The van der Waals surface area contributed by atoms with E-state index in [1.54, 1.807) is 12.4 Å². The minimum atomic E-state index is 0.785. The normalized spacial score (nSPS) is 10.4. The molecule has 14 heavy (non-hydrogen) atoms. The van der Waals surface area contributed by atoms with Gasteiger partial charge in [0.25, 0.3) is 0 Å². The van der Waals surface area contributed by atoms with Gasteiger partial charge in [-0.05, 0) is 25.2 Å². The molecule has 1 N–H and O–H groups in total. The zero-order valence-electron chi connectivity index (χ0n) is 8.01. The molecule has 0 saturated carbocycles. The highest BCUT2D eigenvalue weighted by Crippen LogP contribution is 2.04. The molecule has 0 amide bonds. The van der Waals surface area contributed by atoms with Gasteiger partial charge in [0.05, 0.1) is 17.6 Å². The van der Waals surface area contributed by atoms with Gasteiger partial charge in [0.15, 0.2) is 0 Å². The Morgan fingerprint density at radius 1 is 1.43 bits per heavy atom. The van der Waals surface area contributed by atoms with Gasteiger partial charge in [0, 0.05) is 18.9 Å². The molecular formula is C10H12N4. The van der Waals surface area contributed by atoms with Crippen LogP contribution in [0.5, 0.6) is 0 Å². The van der Waals surface area contributed by atoms with Crippen molar-refractivity contribution in [3.63, 3.8) is 0 Å². The van der Waals surface area contributed by atoms with Gasteiger partial charge >= 0.3 is 0 Å². The van der Waals surface area contributed by atoms with Crippen molar-refractivity contribution >= 4 is 0 Å². The molecule has 0 aliphatic carbocycles. The summed E-state index contributed by atoms with van der Waals surface area (Å²) in [5.74, 6) is 0. The fourth-order valence-corrected chi connectivity index (χ4v) is 1.27. The van der Waals surface area contributed by atoms with Crippen LogP contribution in [-0.2, 0) is 6.54 Å². The number of aromatic nitrogens is 3. The third kappa shape index (κ3) is 1.80. The summed E-state index contributed by atoms with van der Waals surface area (Å²) in [6.45, 7) is 0.785. The third-order valence-corrected chi connectivity index (χ3v) is 1.91. The molecule has 2 heterocycles. The van der Waals surface area contributed by atoms with E-state index in [2.05, 4.69) is 15.4 Å². The van der Waals surface area contributed by atoms with Crippen LogP contribution in [0.3, 0.4) is 0 Å². The number of nitrogens with zero attached hydrogens (tertiary/aromatic N) is 3. The molecule has 72 valence electrons. The predicted octanol–water partition coefficient (Wildman–Crippen LogP) is 0.987. The van der Waals surface area contributed by atoms with E-state index in [9.17, 15) is 0 Å². The van der Waals surface area contributed by atoms with E-state index in [1.165, 1.54) is 0 Å². The molecule has 0 radical (unpaired) electrons. The SMILES string of the molecule is CNCc1ccn(-c2cccnc2)n1. The van der Waals surface area contributed by atoms with Crippen LogP contribution < -0.4 is 5.32 Å². The van der Waals surface area contributed by atoms with E-state index in [4.69, 9.17) is 0 Å². The molecule has 0 bridgehead atoms. The Labute approximate surface area is 82.6 Å². The lowest BCUT2D eigenvalue weighted by molar-refractivity contribution is 0.756. The van der Waals surface area contributed by atoms with Gasteiger partial charge in [-0.25, -0.2) is 4.68 Å². The molecular weight excluding hydrogens is 176 g/mol. The minimum Gasteiger partial charge on any atom is -0.314 e. The van der Waals surface area contributed by atoms with Crippen LogP contribution in [-0.4, -0.2) is 21.8 Å². The van der Waals surface area contributed by atoms with E-state index in [0.717, 1.165) is 17.9 Å². The topological polar surface area (TPSA) is 42.7 Å². The zero-order valence-corrected chi connectivity index (χ0v) is 8.01. The first-order valence-electron chi connectivity index (χ1n) is 4.49. The van der Waals surface area contributed by atoms with E-state index in [-0.39, 0.29) is 0 Å². The summed E-state index contributed by atoms with van der Waals surface area (Å²) < 4.78 is 1.82. The van der Waals surface area contributed by atoms with Crippen molar-refractivity contribution in [2.75, 3.05) is 7.05 Å². The zero-order chi connectivity index (χ0) is 9.80. The van der Waals surface area contributed by atoms with Crippen LogP contribution in [0.25, 0.3) is 5.69 Å². The number of hydrogen-bond donors (Lipinski definition) is 1. The van der Waals surface area contributed by atoms with Gasteiger partial charge in [-0.2, -0.15) is 5.10 Å². The minimum absolute atomic E-state index is 0.785. The number of rotatable bonds is 3. The molecule has 4 nitrogen and oxygen atoms in total. The second-order valence-corrected chi connectivity index (χ2v) is 2.99. The highest BCUT2D eigenvalue weighted by molar-refractivity contribution is 5.26. The second-order valence-electron chi connectivity index (χ2n) is 2.99. The van der Waals surface area contributed by atoms with Crippen LogP contribution in [0.1, 0.15) is 5.69 Å². The average molecular weight is 188 g/mol. The van der Waals surface area contributed by atoms with Crippen molar-refractivity contribution in [3.8, 4) is 5.69 Å². The fraction of sp³-hybridized carbons (Fsp3) is 0.200. The summed E-state index contributed by atoms with van der Waals surface area (Å²) in [5.41, 5.74) is 2.01. The Bertz CT molecular complexity index is 394. The molecule has 2 aromatic heterocycles. The van der Waals surface area contributed by atoms with Crippen molar-refractivity contribution in [1.29, 1.82) is 0 Å². The Balaban J connectivity index is 2.25. The van der Waals surface area contributed by atoms with Gasteiger partial charge in [-0.3, -0.25) is 4.98 Å². The highest BCUT2D eigenvalue weighted by atomic mass is 15.3. The summed E-state index contributed by atoms with van der Waals surface area (Å²) in [5, 5.41) is 7.44. The van der Waals surface area contributed by atoms with E-state index >= 15 is 0 Å². The monoisotopic (exact) mass is 188 g/mol. The predicted molar refractivity (Wildman–Crippen MR) is 54.1 cm³/mol. The summed E-state index contributed by atoms with van der Waals surface area (Å²) >= 11 is 0. The van der Waals surface area contributed by atoms with Crippen molar-refractivity contribution in [3.05, 3.63) is 42.5 Å². The smallest absolute Gasteiger partial charge is 0.0828 e. The summed E-state index contributed by atoms with van der Waals surface area (Å²) in [4.78, 5) is 4.04. The van der Waals surface area contributed by atoms with Gasteiger partial charge in [-0.1, -0.05) is 0 Å². The Kier molecular flexibility index (Phi) is 2.55. The number of nitrogens with one attached hydrogen (secondary N) is 1. The summed E-state index contributed by atoms with van der Waals surface area (Å²) in [6.07, 6.45) is 5.47. The van der Waals surface area contributed by atoms with Gasteiger partial charge in [-0.15, -0.1) is 0 Å². The fourth-order valence-electron chi connectivity index (χ4n) is 1.27. The Hall–Kier alpha value is -1.68. The van der Waals surface area contributed by atoms with E-state index in [0.29, 0.717) is 0 Å². The summed E-state index contributed by atoms with van der Waals surface area (Å²) in [7, 11) is 1.91. The first-order chi connectivity index (χ1) is 6.90. The largest absolute Gasteiger partial charge is 0.314 e. The maximum absolute atomic E-state index is 4.38. The lowest BCUT2D eigenvalue weighted by Gasteiger charge is -1.98. The first-order valence-corrected chi connectivity index (χ1v) is 4.49. The number of hydrogen-bond acceptors (Lipinski definition) is 3. The van der Waals surface area contributed by atoms with Crippen molar-refractivity contribution in [1.82, 2.24) is 20.1 Å². The molecule has 0 saturated heterocycles. The Morgan fingerprint density at radius 2 is 2.36 bits per heavy atom. The van der Waals surface area contributed by atoms with Crippen LogP contribution in [0.15, 0.2) is 36.8 Å². The molecule has 0 aromatic carbocycles. The van der Waals surface area contributed by atoms with E-state index < -0.39 is 0 Å². The van der Waals surface area contributed by atoms with Gasteiger partial charge in [0.2, 0.25) is 0 Å². The second kappa shape index (κ2) is 4.02. The molecule has 0 spiro atoms. The first kappa shape index (κ1) is 8.90. The maximum Gasteiger partial charge on any atom is 0.0828 e. The van der Waals surface area contributed by atoms with Crippen molar-refractivity contribution in [2.45, 2.75) is 6.54 Å². The average Bonchev–Trinajstić information content (AvgIpc) is 2.68. The van der Waals surface area contributed by atoms with Crippen LogP contribution in [0.4, 0.5) is 0 Å². The van der Waals surface area contributed by atoms with Gasteiger partial charge in [0.1, 0.15) is 0 Å². The Morgan fingerprint density at radius 3 is 3.07 bits per heavy atom. The third-order valence-electron chi connectivity index (χ3n) is 1.91. The van der Waals surface area contributed by atoms with Crippen molar-refractivity contribution in [2.24, 2.45) is 0 Å². The highest BCUT2D eigenvalue weighted by Gasteiger charge is 1.99. The van der Waals surface area contributed by atoms with Crippen LogP contribution >= 0.6 is 0 Å². The molecule has 4 heteroatoms. The molecule has 0 unspecified atom stereocenters. The maximum atomic E-state index is 4.38. The molecule has 0 atom stereocenters. The quantitative estimate of drug-likeness (QED) is 0.781. The molecule has 0 fully saturated rings. The molecule has 2 aromatic rings. The molecule has 0 aliphatic heterocycles. The van der Waals surface area contributed by atoms with Crippen molar-refractivity contribution < 1.29 is 0 Å².